The summed E-state index contributed by atoms with van der Waals surface area (Å²) in [6.45, 7) is 3.10. The summed E-state index contributed by atoms with van der Waals surface area (Å²) in [5.41, 5.74) is 0. The van der Waals surface area contributed by atoms with E-state index in [-0.39, 0.29) is 30.8 Å². The molecule has 0 radical (unpaired) electrons. The first-order chi connectivity index (χ1) is 10.5. The molecule has 1 N–H and O–H groups in total. The fraction of sp³-hybridized carbons (Fsp3) is 0.571. The molecule has 118 valence electrons. The Morgan fingerprint density at radius 1 is 1.50 bits per heavy atom. The molecule has 3 rings (SSSR count). The Morgan fingerprint density at radius 3 is 2.95 bits per heavy atom. The van der Waals surface area contributed by atoms with E-state index in [2.05, 4.69) is 10.3 Å². The van der Waals surface area contributed by atoms with Crippen molar-refractivity contribution < 1.29 is 14.4 Å². The molecule has 0 aromatic carbocycles. The second-order valence-electron chi connectivity index (χ2n) is 5.63. The number of nitrogens with zero attached hydrogens (tertiary/aromatic N) is 3. The molecule has 2 fully saturated rings. The largest absolute Gasteiger partial charge is 0.340 e. The van der Waals surface area contributed by atoms with Crippen molar-refractivity contribution in [3.63, 3.8) is 0 Å². The number of hydrogen-bond donors (Lipinski definition) is 1. The third kappa shape index (κ3) is 2.96. The molecule has 7 nitrogen and oxygen atoms in total. The molecule has 0 bridgehead atoms. The minimum Gasteiger partial charge on any atom is -0.340 e. The van der Waals surface area contributed by atoms with Crippen molar-refractivity contribution in [2.45, 2.75) is 25.7 Å². The van der Waals surface area contributed by atoms with Crippen LogP contribution in [0.5, 0.6) is 0 Å². The SMILES string of the molecule is Cc1cnc([C@H]2CCCN(C(=O)CN3C(=O)CNC3=O)C2)s1. The summed E-state index contributed by atoms with van der Waals surface area (Å²) in [6, 6.07) is -0.484. The minimum absolute atomic E-state index is 0.0207. The van der Waals surface area contributed by atoms with Gasteiger partial charge in [0.15, 0.2) is 0 Å². The molecular weight excluding hydrogens is 304 g/mol. The lowest BCUT2D eigenvalue weighted by Gasteiger charge is -2.32. The van der Waals surface area contributed by atoms with E-state index >= 15 is 0 Å². The maximum absolute atomic E-state index is 12.4. The molecule has 3 heterocycles. The van der Waals surface area contributed by atoms with E-state index in [1.165, 1.54) is 0 Å². The van der Waals surface area contributed by atoms with Gasteiger partial charge < -0.3 is 10.2 Å². The number of aryl methyl sites for hydroxylation is 1. The highest BCUT2D eigenvalue weighted by Crippen LogP contribution is 2.29. The van der Waals surface area contributed by atoms with Gasteiger partial charge in [0.25, 0.3) is 5.91 Å². The highest BCUT2D eigenvalue weighted by molar-refractivity contribution is 7.11. The molecule has 1 atom stereocenters. The van der Waals surface area contributed by atoms with Crippen molar-refractivity contribution in [2.75, 3.05) is 26.2 Å². The summed E-state index contributed by atoms with van der Waals surface area (Å²) >= 11 is 1.66. The first kappa shape index (κ1) is 15.0. The molecule has 1 aromatic rings. The molecular formula is C14H18N4O3S. The first-order valence-electron chi connectivity index (χ1n) is 7.33. The smallest absolute Gasteiger partial charge is 0.325 e. The van der Waals surface area contributed by atoms with Gasteiger partial charge in [0.05, 0.1) is 11.6 Å². The fourth-order valence-corrected chi connectivity index (χ4v) is 3.72. The van der Waals surface area contributed by atoms with Crippen LogP contribution in [0.15, 0.2) is 6.20 Å². The Morgan fingerprint density at radius 2 is 2.32 bits per heavy atom. The van der Waals surface area contributed by atoms with Crippen LogP contribution in [-0.2, 0) is 9.59 Å². The number of hydrogen-bond acceptors (Lipinski definition) is 5. The molecule has 2 aliphatic rings. The zero-order valence-electron chi connectivity index (χ0n) is 12.4. The molecule has 2 aliphatic heterocycles. The van der Waals surface area contributed by atoms with Crippen LogP contribution >= 0.6 is 11.3 Å². The van der Waals surface area contributed by atoms with Gasteiger partial charge in [-0.2, -0.15) is 0 Å². The van der Waals surface area contributed by atoms with Gasteiger partial charge in [-0.25, -0.2) is 9.78 Å². The number of urea groups is 1. The van der Waals surface area contributed by atoms with Crippen LogP contribution in [-0.4, -0.2) is 58.8 Å². The third-order valence-electron chi connectivity index (χ3n) is 3.99. The summed E-state index contributed by atoms with van der Waals surface area (Å²) in [5.74, 6) is -0.273. The number of imide groups is 1. The van der Waals surface area contributed by atoms with E-state index in [0.29, 0.717) is 13.1 Å². The number of likely N-dealkylation sites (tertiary alicyclic amines) is 1. The van der Waals surface area contributed by atoms with Crippen LogP contribution in [0.25, 0.3) is 0 Å². The lowest BCUT2D eigenvalue weighted by atomic mass is 9.98. The summed E-state index contributed by atoms with van der Waals surface area (Å²) in [4.78, 5) is 43.7. The lowest BCUT2D eigenvalue weighted by molar-refractivity contribution is -0.137. The molecule has 0 aliphatic carbocycles. The van der Waals surface area contributed by atoms with Crippen molar-refractivity contribution >= 4 is 29.2 Å². The van der Waals surface area contributed by atoms with Crippen molar-refractivity contribution in [3.8, 4) is 0 Å². The fourth-order valence-electron chi connectivity index (χ4n) is 2.82. The molecule has 1 aromatic heterocycles. The Labute approximate surface area is 132 Å². The zero-order chi connectivity index (χ0) is 15.7. The van der Waals surface area contributed by atoms with E-state index in [0.717, 1.165) is 27.6 Å². The number of nitrogens with one attached hydrogen (secondary N) is 1. The van der Waals surface area contributed by atoms with Gasteiger partial charge in [0.1, 0.15) is 6.54 Å². The Kier molecular flexibility index (Phi) is 4.10. The number of amides is 4. The number of aromatic nitrogens is 1. The number of piperidine rings is 1. The topological polar surface area (TPSA) is 82.6 Å². The number of carbonyl (C=O) groups is 3. The maximum atomic E-state index is 12.4. The van der Waals surface area contributed by atoms with E-state index in [1.54, 1.807) is 16.2 Å². The minimum atomic E-state index is -0.484. The quantitative estimate of drug-likeness (QED) is 0.831. The average Bonchev–Trinajstić information content (AvgIpc) is 3.08. The van der Waals surface area contributed by atoms with Crippen LogP contribution in [0.3, 0.4) is 0 Å². The molecule has 4 amide bonds. The van der Waals surface area contributed by atoms with Crippen molar-refractivity contribution in [2.24, 2.45) is 0 Å². The normalized spacial score (nSPS) is 22.1. The standard InChI is InChI=1S/C14H18N4O3S/c1-9-5-15-13(22-9)10-3-2-4-17(7-10)12(20)8-18-11(19)6-16-14(18)21/h5,10H,2-4,6-8H2,1H3,(H,16,21)/t10-/m0/s1. The van der Waals surface area contributed by atoms with Crippen molar-refractivity contribution in [1.82, 2.24) is 20.1 Å². The predicted octanol–water partition coefficient (Wildman–Crippen LogP) is 0.709. The predicted molar refractivity (Wildman–Crippen MR) is 80.5 cm³/mol. The molecule has 0 saturated carbocycles. The summed E-state index contributed by atoms with van der Waals surface area (Å²) in [6.07, 6.45) is 3.78. The monoisotopic (exact) mass is 322 g/mol. The van der Waals surface area contributed by atoms with E-state index in [9.17, 15) is 14.4 Å². The van der Waals surface area contributed by atoms with Crippen LogP contribution in [0.4, 0.5) is 4.79 Å². The van der Waals surface area contributed by atoms with Crippen LogP contribution < -0.4 is 5.32 Å². The van der Waals surface area contributed by atoms with Gasteiger partial charge in [-0.15, -0.1) is 11.3 Å². The van der Waals surface area contributed by atoms with Crippen molar-refractivity contribution in [3.05, 3.63) is 16.1 Å². The van der Waals surface area contributed by atoms with E-state index in [1.807, 2.05) is 13.1 Å². The summed E-state index contributed by atoms with van der Waals surface area (Å²) in [5, 5.41) is 3.48. The molecule has 0 unspecified atom stereocenters. The maximum Gasteiger partial charge on any atom is 0.325 e. The van der Waals surface area contributed by atoms with E-state index in [4.69, 9.17) is 0 Å². The van der Waals surface area contributed by atoms with Crippen molar-refractivity contribution in [1.29, 1.82) is 0 Å². The van der Waals surface area contributed by atoms with Gasteiger partial charge in [-0.3, -0.25) is 14.5 Å². The summed E-state index contributed by atoms with van der Waals surface area (Å²) in [7, 11) is 0. The van der Waals surface area contributed by atoms with Gasteiger partial charge in [0, 0.05) is 30.1 Å². The molecule has 2 saturated heterocycles. The lowest BCUT2D eigenvalue weighted by Crippen LogP contribution is -2.46. The van der Waals surface area contributed by atoms with Crippen LogP contribution in [0, 0.1) is 6.92 Å². The molecule has 0 spiro atoms. The highest BCUT2D eigenvalue weighted by atomic mass is 32.1. The van der Waals surface area contributed by atoms with E-state index < -0.39 is 6.03 Å². The zero-order valence-corrected chi connectivity index (χ0v) is 13.2. The third-order valence-corrected chi connectivity index (χ3v) is 5.07. The van der Waals surface area contributed by atoms with Gasteiger partial charge in [-0.1, -0.05) is 0 Å². The highest BCUT2D eigenvalue weighted by Gasteiger charge is 2.33. The van der Waals surface area contributed by atoms with Gasteiger partial charge in [0.2, 0.25) is 5.91 Å². The average molecular weight is 322 g/mol. The number of rotatable bonds is 3. The second-order valence-corrected chi connectivity index (χ2v) is 6.89. The Bertz CT molecular complexity index is 599. The Hall–Kier alpha value is -1.96. The Balaban J connectivity index is 1.63. The van der Waals surface area contributed by atoms with Crippen LogP contribution in [0.1, 0.15) is 28.6 Å². The second kappa shape index (κ2) is 6.04. The molecule has 22 heavy (non-hydrogen) atoms. The molecule has 8 heteroatoms. The summed E-state index contributed by atoms with van der Waals surface area (Å²) < 4.78 is 0. The van der Waals surface area contributed by atoms with Gasteiger partial charge >= 0.3 is 6.03 Å². The number of thiazole rings is 1. The van der Waals surface area contributed by atoms with Gasteiger partial charge in [-0.05, 0) is 19.8 Å². The first-order valence-corrected chi connectivity index (χ1v) is 8.14. The van der Waals surface area contributed by atoms with Crippen LogP contribution in [0.2, 0.25) is 0 Å². The number of carbonyl (C=O) groups excluding carboxylic acids is 3.